The molecule has 0 amide bonds. The van der Waals surface area contributed by atoms with E-state index < -0.39 is 11.8 Å². The fourth-order valence-electron chi connectivity index (χ4n) is 1.56. The fourth-order valence-corrected chi connectivity index (χ4v) is 1.56. The molecule has 1 aromatic rings. The molecule has 1 N–H and O–H groups in total. The van der Waals surface area contributed by atoms with Gasteiger partial charge in [-0.15, -0.1) is 0 Å². The molecule has 1 aromatic carbocycles. The number of halogens is 1. The third-order valence-electron chi connectivity index (χ3n) is 2.46. The summed E-state index contributed by atoms with van der Waals surface area (Å²) in [5.74, 6) is -1.91. The van der Waals surface area contributed by atoms with Gasteiger partial charge in [0.15, 0.2) is 0 Å². The summed E-state index contributed by atoms with van der Waals surface area (Å²) in [6.45, 7) is 2.78. The second kappa shape index (κ2) is 5.49. The smallest absolute Gasteiger partial charge is 0.340 e. The van der Waals surface area contributed by atoms with Crippen LogP contribution in [0, 0.1) is 5.82 Å². The minimum absolute atomic E-state index is 0.249. The van der Waals surface area contributed by atoms with E-state index in [1.807, 2.05) is 0 Å². The number of nitrogens with zero attached hydrogens (tertiary/aromatic N) is 1. The minimum atomic E-state index is -1.23. The Morgan fingerprint density at radius 2 is 2.19 bits per heavy atom. The molecule has 0 heterocycles. The molecule has 0 atom stereocenters. The van der Waals surface area contributed by atoms with Crippen molar-refractivity contribution in [2.75, 3.05) is 18.5 Å². The first-order valence-corrected chi connectivity index (χ1v) is 5.30. The van der Waals surface area contributed by atoms with Gasteiger partial charge in [-0.3, -0.25) is 0 Å². The Morgan fingerprint density at radius 3 is 2.75 bits per heavy atom. The van der Waals surface area contributed by atoms with Gasteiger partial charge in [-0.05, 0) is 18.6 Å². The summed E-state index contributed by atoms with van der Waals surface area (Å²) < 4.78 is 13.4. The van der Waals surface area contributed by atoms with Crippen LogP contribution in [0.25, 0.3) is 0 Å². The summed E-state index contributed by atoms with van der Waals surface area (Å²) >= 11 is 0. The van der Waals surface area contributed by atoms with Crippen LogP contribution in [0.5, 0.6) is 0 Å². The molecule has 1 rings (SSSR count). The lowest BCUT2D eigenvalue weighted by Crippen LogP contribution is -2.21. The second-order valence-corrected chi connectivity index (χ2v) is 3.71. The van der Waals surface area contributed by atoms with Crippen LogP contribution in [0.3, 0.4) is 0 Å². The minimum Gasteiger partial charge on any atom is -0.478 e. The Bertz CT molecular complexity index is 379. The third kappa shape index (κ3) is 2.72. The van der Waals surface area contributed by atoms with Crippen LogP contribution in [0.15, 0.2) is 18.2 Å². The summed E-state index contributed by atoms with van der Waals surface area (Å²) in [5.41, 5.74) is 0.182. The quantitative estimate of drug-likeness (QED) is 0.837. The first kappa shape index (κ1) is 12.5. The summed E-state index contributed by atoms with van der Waals surface area (Å²) in [5, 5.41) is 8.95. The van der Waals surface area contributed by atoms with Gasteiger partial charge in [0.05, 0.1) is 5.69 Å². The molecular weight excluding hydrogens is 209 g/mol. The molecule has 0 spiro atoms. The molecule has 0 bridgehead atoms. The highest BCUT2D eigenvalue weighted by atomic mass is 19.1. The lowest BCUT2D eigenvalue weighted by Gasteiger charge is -2.21. The van der Waals surface area contributed by atoms with E-state index in [1.165, 1.54) is 12.1 Å². The molecule has 4 heteroatoms. The number of carboxylic acids is 1. The average molecular weight is 225 g/mol. The average Bonchev–Trinajstić information content (AvgIpc) is 2.24. The summed E-state index contributed by atoms with van der Waals surface area (Å²) in [6, 6.07) is 4.32. The van der Waals surface area contributed by atoms with Crippen molar-refractivity contribution < 1.29 is 14.3 Å². The van der Waals surface area contributed by atoms with E-state index in [-0.39, 0.29) is 5.56 Å². The zero-order valence-electron chi connectivity index (χ0n) is 9.53. The summed E-state index contributed by atoms with van der Waals surface area (Å²) in [4.78, 5) is 12.7. The van der Waals surface area contributed by atoms with Crippen LogP contribution in [0.1, 0.15) is 30.1 Å². The Hall–Kier alpha value is -1.58. The van der Waals surface area contributed by atoms with Crippen molar-refractivity contribution in [1.82, 2.24) is 0 Å². The standard InChI is InChI=1S/C12H16FNO2/c1-3-4-8-14(2)10-7-5-6-9(13)11(10)12(15)16/h5-7H,3-4,8H2,1-2H3,(H,15,16). The molecule has 0 saturated carbocycles. The molecule has 0 saturated heterocycles. The molecular formula is C12H16FNO2. The van der Waals surface area contributed by atoms with Crippen LogP contribution in [-0.2, 0) is 0 Å². The van der Waals surface area contributed by atoms with Crippen LogP contribution >= 0.6 is 0 Å². The van der Waals surface area contributed by atoms with Crippen molar-refractivity contribution in [1.29, 1.82) is 0 Å². The van der Waals surface area contributed by atoms with E-state index in [0.29, 0.717) is 5.69 Å². The highest BCUT2D eigenvalue weighted by Crippen LogP contribution is 2.22. The SMILES string of the molecule is CCCCN(C)c1cccc(F)c1C(=O)O. The molecule has 88 valence electrons. The number of carboxylic acid groups (broad SMARTS) is 1. The normalized spacial score (nSPS) is 10.2. The summed E-state index contributed by atoms with van der Waals surface area (Å²) in [7, 11) is 1.77. The van der Waals surface area contributed by atoms with Crippen LogP contribution < -0.4 is 4.90 Å². The maximum Gasteiger partial charge on any atom is 0.340 e. The molecule has 0 aliphatic rings. The van der Waals surface area contributed by atoms with E-state index in [1.54, 1.807) is 18.0 Å². The molecule has 0 aliphatic carbocycles. The summed E-state index contributed by atoms with van der Waals surface area (Å²) in [6.07, 6.45) is 1.97. The fraction of sp³-hybridized carbons (Fsp3) is 0.417. The van der Waals surface area contributed by atoms with E-state index in [4.69, 9.17) is 5.11 Å². The molecule has 0 radical (unpaired) electrons. The zero-order chi connectivity index (χ0) is 12.1. The highest BCUT2D eigenvalue weighted by Gasteiger charge is 2.17. The number of benzene rings is 1. The lowest BCUT2D eigenvalue weighted by molar-refractivity contribution is 0.0692. The molecule has 0 aliphatic heterocycles. The van der Waals surface area contributed by atoms with E-state index in [2.05, 4.69) is 6.92 Å². The molecule has 0 fully saturated rings. The van der Waals surface area contributed by atoms with Crippen molar-refractivity contribution in [3.05, 3.63) is 29.6 Å². The largest absolute Gasteiger partial charge is 0.478 e. The van der Waals surface area contributed by atoms with E-state index in [9.17, 15) is 9.18 Å². The number of unbranched alkanes of at least 4 members (excludes halogenated alkanes) is 1. The van der Waals surface area contributed by atoms with Crippen LogP contribution in [-0.4, -0.2) is 24.7 Å². The number of anilines is 1. The molecule has 0 unspecified atom stereocenters. The van der Waals surface area contributed by atoms with Gasteiger partial charge in [0, 0.05) is 13.6 Å². The van der Waals surface area contributed by atoms with E-state index in [0.717, 1.165) is 19.4 Å². The van der Waals surface area contributed by atoms with Gasteiger partial charge in [0.25, 0.3) is 0 Å². The molecule has 3 nitrogen and oxygen atoms in total. The third-order valence-corrected chi connectivity index (χ3v) is 2.46. The number of aromatic carboxylic acids is 1. The Labute approximate surface area is 94.5 Å². The van der Waals surface area contributed by atoms with Gasteiger partial charge in [0.1, 0.15) is 11.4 Å². The molecule has 0 aromatic heterocycles. The first-order chi connectivity index (χ1) is 7.57. The van der Waals surface area contributed by atoms with Crippen molar-refractivity contribution in [2.45, 2.75) is 19.8 Å². The number of carbonyl (C=O) groups is 1. The van der Waals surface area contributed by atoms with Crippen molar-refractivity contribution in [2.24, 2.45) is 0 Å². The highest BCUT2D eigenvalue weighted by molar-refractivity contribution is 5.94. The van der Waals surface area contributed by atoms with Gasteiger partial charge >= 0.3 is 5.97 Å². The number of hydrogen-bond donors (Lipinski definition) is 1. The monoisotopic (exact) mass is 225 g/mol. The second-order valence-electron chi connectivity index (χ2n) is 3.71. The predicted molar refractivity (Wildman–Crippen MR) is 61.5 cm³/mol. The zero-order valence-corrected chi connectivity index (χ0v) is 9.53. The Morgan fingerprint density at radius 1 is 1.50 bits per heavy atom. The van der Waals surface area contributed by atoms with Crippen molar-refractivity contribution in [3.8, 4) is 0 Å². The number of rotatable bonds is 5. The van der Waals surface area contributed by atoms with Crippen LogP contribution in [0.2, 0.25) is 0 Å². The maximum absolute atomic E-state index is 13.4. The van der Waals surface area contributed by atoms with Gasteiger partial charge in [-0.1, -0.05) is 19.4 Å². The lowest BCUT2D eigenvalue weighted by atomic mass is 10.1. The van der Waals surface area contributed by atoms with E-state index >= 15 is 0 Å². The van der Waals surface area contributed by atoms with Crippen molar-refractivity contribution >= 4 is 11.7 Å². The topological polar surface area (TPSA) is 40.5 Å². The van der Waals surface area contributed by atoms with Gasteiger partial charge in [0.2, 0.25) is 0 Å². The Balaban J connectivity index is 3.02. The maximum atomic E-state index is 13.4. The van der Waals surface area contributed by atoms with Crippen LogP contribution in [0.4, 0.5) is 10.1 Å². The van der Waals surface area contributed by atoms with Gasteiger partial charge in [-0.25, -0.2) is 9.18 Å². The van der Waals surface area contributed by atoms with Gasteiger partial charge in [-0.2, -0.15) is 0 Å². The Kier molecular flexibility index (Phi) is 4.28. The van der Waals surface area contributed by atoms with Crippen molar-refractivity contribution in [3.63, 3.8) is 0 Å². The molecule has 16 heavy (non-hydrogen) atoms. The van der Waals surface area contributed by atoms with Gasteiger partial charge < -0.3 is 10.0 Å². The first-order valence-electron chi connectivity index (χ1n) is 5.30. The number of hydrogen-bond acceptors (Lipinski definition) is 2. The predicted octanol–water partition coefficient (Wildman–Crippen LogP) is 2.76.